The topological polar surface area (TPSA) is 35.2 Å². The first kappa shape index (κ1) is 11.1. The first-order chi connectivity index (χ1) is 8.74. The van der Waals surface area contributed by atoms with Gasteiger partial charge in [0.1, 0.15) is 5.75 Å². The summed E-state index contributed by atoms with van der Waals surface area (Å²) in [6, 6.07) is 12.6. The smallest absolute Gasteiger partial charge is 0.122 e. The van der Waals surface area contributed by atoms with E-state index in [1.807, 2.05) is 13.0 Å². The molecule has 2 aromatic carbocycles. The fourth-order valence-corrected chi connectivity index (χ4v) is 2.40. The van der Waals surface area contributed by atoms with Gasteiger partial charge in [0.2, 0.25) is 0 Å². The molecule has 0 saturated heterocycles. The van der Waals surface area contributed by atoms with Crippen LogP contribution in [-0.4, -0.2) is 6.61 Å². The van der Waals surface area contributed by atoms with Gasteiger partial charge in [-0.15, -0.1) is 0 Å². The van der Waals surface area contributed by atoms with Crippen molar-refractivity contribution >= 4 is 5.69 Å². The molecule has 0 bridgehead atoms. The number of hydrogen-bond acceptors (Lipinski definition) is 2. The number of fused-ring (bicyclic) bond motifs is 1. The average molecular weight is 239 g/mol. The molecule has 92 valence electrons. The predicted molar refractivity (Wildman–Crippen MR) is 74.8 cm³/mol. The van der Waals surface area contributed by atoms with Crippen LogP contribution in [-0.2, 0) is 6.42 Å². The summed E-state index contributed by atoms with van der Waals surface area (Å²) < 4.78 is 5.64. The Balaban J connectivity index is 2.03. The lowest BCUT2D eigenvalue weighted by Gasteiger charge is -2.18. The third-order valence-corrected chi connectivity index (χ3v) is 3.51. The van der Waals surface area contributed by atoms with Gasteiger partial charge in [-0.3, -0.25) is 0 Å². The molecular formula is C16H17NO. The van der Waals surface area contributed by atoms with E-state index in [0.717, 1.165) is 36.4 Å². The molecule has 0 fully saturated rings. The summed E-state index contributed by atoms with van der Waals surface area (Å²) >= 11 is 0. The zero-order chi connectivity index (χ0) is 12.5. The summed E-state index contributed by atoms with van der Waals surface area (Å²) in [5.74, 6) is 1.04. The van der Waals surface area contributed by atoms with Crippen LogP contribution in [0.5, 0.6) is 5.75 Å². The zero-order valence-electron chi connectivity index (χ0n) is 10.6. The molecule has 0 amide bonds. The summed E-state index contributed by atoms with van der Waals surface area (Å²) in [5.41, 5.74) is 11.6. The Hall–Kier alpha value is -1.96. The van der Waals surface area contributed by atoms with E-state index in [1.165, 1.54) is 16.7 Å². The molecule has 1 aliphatic rings. The molecule has 0 radical (unpaired) electrons. The Bertz CT molecular complexity index is 590. The van der Waals surface area contributed by atoms with Crippen molar-refractivity contribution < 1.29 is 4.74 Å². The number of nitrogens with two attached hydrogens (primary N) is 1. The zero-order valence-corrected chi connectivity index (χ0v) is 10.6. The molecule has 2 nitrogen and oxygen atoms in total. The van der Waals surface area contributed by atoms with Gasteiger partial charge in [-0.2, -0.15) is 0 Å². The van der Waals surface area contributed by atoms with Crippen molar-refractivity contribution in [2.24, 2.45) is 0 Å². The Morgan fingerprint density at radius 2 is 1.83 bits per heavy atom. The highest BCUT2D eigenvalue weighted by molar-refractivity contribution is 5.69. The number of ether oxygens (including phenoxy) is 1. The molecule has 0 unspecified atom stereocenters. The van der Waals surface area contributed by atoms with E-state index in [4.69, 9.17) is 10.5 Å². The highest BCUT2D eigenvalue weighted by atomic mass is 16.5. The summed E-state index contributed by atoms with van der Waals surface area (Å²) in [6.45, 7) is 2.88. The van der Waals surface area contributed by atoms with E-state index >= 15 is 0 Å². The van der Waals surface area contributed by atoms with Crippen LogP contribution < -0.4 is 10.5 Å². The number of nitrogen functional groups attached to an aromatic ring is 1. The lowest BCUT2D eigenvalue weighted by atomic mass is 9.97. The molecule has 0 saturated carbocycles. The first-order valence-corrected chi connectivity index (χ1v) is 6.36. The molecule has 0 aliphatic carbocycles. The monoisotopic (exact) mass is 239 g/mol. The Morgan fingerprint density at radius 1 is 1.06 bits per heavy atom. The van der Waals surface area contributed by atoms with Crippen LogP contribution in [0.15, 0.2) is 36.4 Å². The highest BCUT2D eigenvalue weighted by Crippen LogP contribution is 2.31. The third kappa shape index (κ3) is 1.94. The third-order valence-electron chi connectivity index (χ3n) is 3.51. The van der Waals surface area contributed by atoms with Crippen molar-refractivity contribution in [3.63, 3.8) is 0 Å². The normalized spacial score (nSPS) is 13.8. The molecular weight excluding hydrogens is 222 g/mol. The number of rotatable bonds is 1. The summed E-state index contributed by atoms with van der Waals surface area (Å²) in [6.07, 6.45) is 2.22. The second kappa shape index (κ2) is 4.37. The first-order valence-electron chi connectivity index (χ1n) is 6.36. The van der Waals surface area contributed by atoms with E-state index in [1.54, 1.807) is 0 Å². The van der Waals surface area contributed by atoms with E-state index < -0.39 is 0 Å². The van der Waals surface area contributed by atoms with Crippen molar-refractivity contribution in [3.8, 4) is 16.9 Å². The van der Waals surface area contributed by atoms with E-state index in [0.29, 0.717) is 0 Å². The highest BCUT2D eigenvalue weighted by Gasteiger charge is 2.11. The molecule has 2 N–H and O–H groups in total. The predicted octanol–water partition coefficient (Wildman–Crippen LogP) is 3.57. The van der Waals surface area contributed by atoms with Gasteiger partial charge in [0, 0.05) is 5.69 Å². The van der Waals surface area contributed by atoms with Gasteiger partial charge in [-0.05, 0) is 66.3 Å². The molecule has 1 aliphatic heterocycles. The standard InChI is InChI=1S/C16H17NO/c1-11-9-12(4-6-15(11)17)13-5-7-16-14(10-13)3-2-8-18-16/h4-7,9-10H,2-3,8,17H2,1H3. The van der Waals surface area contributed by atoms with Crippen LogP contribution in [0.4, 0.5) is 5.69 Å². The minimum atomic E-state index is 0.841. The van der Waals surface area contributed by atoms with Gasteiger partial charge in [0.05, 0.1) is 6.61 Å². The van der Waals surface area contributed by atoms with Crippen LogP contribution in [0.3, 0.4) is 0 Å². The van der Waals surface area contributed by atoms with E-state index in [9.17, 15) is 0 Å². The quantitative estimate of drug-likeness (QED) is 0.772. The Kier molecular flexibility index (Phi) is 2.71. The molecule has 3 rings (SSSR count). The van der Waals surface area contributed by atoms with E-state index in [-0.39, 0.29) is 0 Å². The maximum absolute atomic E-state index is 5.86. The number of hydrogen-bond donors (Lipinski definition) is 1. The molecule has 0 aromatic heterocycles. The van der Waals surface area contributed by atoms with Gasteiger partial charge in [-0.1, -0.05) is 12.1 Å². The summed E-state index contributed by atoms with van der Waals surface area (Å²) in [7, 11) is 0. The fraction of sp³-hybridized carbons (Fsp3) is 0.250. The van der Waals surface area contributed by atoms with Gasteiger partial charge in [-0.25, -0.2) is 0 Å². The Morgan fingerprint density at radius 3 is 2.67 bits per heavy atom. The van der Waals surface area contributed by atoms with Gasteiger partial charge in [0.15, 0.2) is 0 Å². The molecule has 0 spiro atoms. The van der Waals surface area contributed by atoms with Gasteiger partial charge in [0.25, 0.3) is 0 Å². The van der Waals surface area contributed by atoms with Crippen molar-refractivity contribution in [2.75, 3.05) is 12.3 Å². The lowest BCUT2D eigenvalue weighted by molar-refractivity contribution is 0.288. The van der Waals surface area contributed by atoms with Crippen LogP contribution in [0.1, 0.15) is 17.5 Å². The summed E-state index contributed by atoms with van der Waals surface area (Å²) in [4.78, 5) is 0. The Labute approximate surface area is 107 Å². The molecule has 2 aromatic rings. The van der Waals surface area contributed by atoms with E-state index in [2.05, 4.69) is 30.3 Å². The van der Waals surface area contributed by atoms with Crippen LogP contribution in [0.2, 0.25) is 0 Å². The number of benzene rings is 2. The minimum Gasteiger partial charge on any atom is -0.493 e. The van der Waals surface area contributed by atoms with Gasteiger partial charge >= 0.3 is 0 Å². The molecule has 2 heteroatoms. The fourth-order valence-electron chi connectivity index (χ4n) is 2.40. The number of aryl methyl sites for hydroxylation is 2. The summed E-state index contributed by atoms with van der Waals surface area (Å²) in [5, 5.41) is 0. The van der Waals surface area contributed by atoms with Crippen molar-refractivity contribution in [2.45, 2.75) is 19.8 Å². The molecule has 0 atom stereocenters. The minimum absolute atomic E-state index is 0.841. The second-order valence-electron chi connectivity index (χ2n) is 4.85. The maximum Gasteiger partial charge on any atom is 0.122 e. The van der Waals surface area contributed by atoms with Crippen LogP contribution in [0.25, 0.3) is 11.1 Å². The molecule has 18 heavy (non-hydrogen) atoms. The number of anilines is 1. The van der Waals surface area contributed by atoms with Crippen LogP contribution >= 0.6 is 0 Å². The van der Waals surface area contributed by atoms with Crippen molar-refractivity contribution in [1.82, 2.24) is 0 Å². The van der Waals surface area contributed by atoms with Crippen LogP contribution in [0, 0.1) is 6.92 Å². The van der Waals surface area contributed by atoms with Crippen molar-refractivity contribution in [3.05, 3.63) is 47.5 Å². The van der Waals surface area contributed by atoms with Crippen molar-refractivity contribution in [1.29, 1.82) is 0 Å². The average Bonchev–Trinajstić information content (AvgIpc) is 2.41. The molecule has 1 heterocycles. The SMILES string of the molecule is Cc1cc(-c2ccc3c(c2)CCCO3)ccc1N. The second-order valence-corrected chi connectivity index (χ2v) is 4.85. The lowest BCUT2D eigenvalue weighted by Crippen LogP contribution is -2.08. The largest absolute Gasteiger partial charge is 0.493 e. The van der Waals surface area contributed by atoms with Gasteiger partial charge < -0.3 is 10.5 Å². The maximum atomic E-state index is 5.86.